The quantitative estimate of drug-likeness (QED) is 0.480. The second-order valence-corrected chi connectivity index (χ2v) is 6.51. The third-order valence-electron chi connectivity index (χ3n) is 5.01. The standard InChI is InChI=1S/C17H24O8/c1-23-11-4-8(2-3-10(11)20)16-13(7-19)24-12-5-9(6-18)14(21)15(22)17(12)25-16/h2-4,9,12-22H,5-7H2,1H3. The van der Waals surface area contributed by atoms with E-state index >= 15 is 0 Å². The Morgan fingerprint density at radius 3 is 2.52 bits per heavy atom. The highest BCUT2D eigenvalue weighted by Crippen LogP contribution is 2.41. The molecule has 0 spiro atoms. The van der Waals surface area contributed by atoms with Gasteiger partial charge in [-0.25, -0.2) is 0 Å². The van der Waals surface area contributed by atoms with Gasteiger partial charge in [-0.1, -0.05) is 6.07 Å². The molecule has 1 aliphatic heterocycles. The summed E-state index contributed by atoms with van der Waals surface area (Å²) in [4.78, 5) is 0. The fourth-order valence-corrected chi connectivity index (χ4v) is 3.60. The van der Waals surface area contributed by atoms with Crippen molar-refractivity contribution in [1.82, 2.24) is 0 Å². The zero-order valence-corrected chi connectivity index (χ0v) is 13.9. The molecule has 7 unspecified atom stereocenters. The van der Waals surface area contributed by atoms with Gasteiger partial charge in [0, 0.05) is 12.5 Å². The molecular weight excluding hydrogens is 332 g/mol. The molecule has 1 aromatic rings. The zero-order chi connectivity index (χ0) is 18.1. The van der Waals surface area contributed by atoms with Crippen LogP contribution >= 0.6 is 0 Å². The number of benzene rings is 1. The summed E-state index contributed by atoms with van der Waals surface area (Å²) in [6, 6.07) is 4.65. The third-order valence-corrected chi connectivity index (χ3v) is 5.01. The smallest absolute Gasteiger partial charge is 0.160 e. The molecule has 3 rings (SSSR count). The van der Waals surface area contributed by atoms with Gasteiger partial charge in [0.15, 0.2) is 11.5 Å². The first-order valence-corrected chi connectivity index (χ1v) is 8.25. The van der Waals surface area contributed by atoms with Gasteiger partial charge in [-0.3, -0.25) is 0 Å². The van der Waals surface area contributed by atoms with E-state index in [9.17, 15) is 25.5 Å². The monoisotopic (exact) mass is 356 g/mol. The minimum absolute atomic E-state index is 0.0275. The molecule has 1 saturated heterocycles. The van der Waals surface area contributed by atoms with Gasteiger partial charge in [-0.15, -0.1) is 0 Å². The van der Waals surface area contributed by atoms with E-state index in [2.05, 4.69) is 0 Å². The molecule has 1 aromatic carbocycles. The number of aliphatic hydroxyl groups excluding tert-OH is 4. The van der Waals surface area contributed by atoms with Gasteiger partial charge in [0.25, 0.3) is 0 Å². The molecule has 7 atom stereocenters. The molecule has 0 amide bonds. The first kappa shape index (κ1) is 18.4. The van der Waals surface area contributed by atoms with E-state index in [0.717, 1.165) is 0 Å². The Balaban J connectivity index is 1.87. The predicted molar refractivity (Wildman–Crippen MR) is 85.2 cm³/mol. The molecule has 25 heavy (non-hydrogen) atoms. The summed E-state index contributed by atoms with van der Waals surface area (Å²) < 4.78 is 17.0. The number of fused-ring (bicyclic) bond motifs is 1. The van der Waals surface area contributed by atoms with Crippen LogP contribution in [0.2, 0.25) is 0 Å². The maximum atomic E-state index is 10.3. The van der Waals surface area contributed by atoms with Gasteiger partial charge < -0.3 is 39.7 Å². The van der Waals surface area contributed by atoms with Crippen LogP contribution < -0.4 is 4.74 Å². The van der Waals surface area contributed by atoms with E-state index in [-0.39, 0.29) is 24.7 Å². The molecule has 0 radical (unpaired) electrons. The fourth-order valence-electron chi connectivity index (χ4n) is 3.60. The SMILES string of the molecule is COc1cc(C2OC3C(CC(CO)C(O)C3O)OC2CO)ccc1O. The minimum Gasteiger partial charge on any atom is -0.504 e. The first-order chi connectivity index (χ1) is 12.0. The second kappa shape index (κ2) is 7.45. The lowest BCUT2D eigenvalue weighted by molar-refractivity contribution is -0.285. The Bertz CT molecular complexity index is 594. The van der Waals surface area contributed by atoms with Gasteiger partial charge in [0.2, 0.25) is 0 Å². The topological polar surface area (TPSA) is 129 Å². The summed E-state index contributed by atoms with van der Waals surface area (Å²) in [5.74, 6) is -0.283. The summed E-state index contributed by atoms with van der Waals surface area (Å²) in [5, 5.41) is 49.3. The van der Waals surface area contributed by atoms with Crippen molar-refractivity contribution in [2.45, 2.75) is 43.0 Å². The predicted octanol–water partition coefficient (Wildman–Crippen LogP) is -0.679. The van der Waals surface area contributed by atoms with Crippen molar-refractivity contribution in [2.24, 2.45) is 5.92 Å². The van der Waals surface area contributed by atoms with E-state index in [1.807, 2.05) is 0 Å². The van der Waals surface area contributed by atoms with Crippen LogP contribution in [0, 0.1) is 5.92 Å². The number of ether oxygens (including phenoxy) is 3. The van der Waals surface area contributed by atoms with Crippen molar-refractivity contribution >= 4 is 0 Å². The summed E-state index contributed by atoms with van der Waals surface area (Å²) >= 11 is 0. The Morgan fingerprint density at radius 1 is 1.12 bits per heavy atom. The molecule has 2 aliphatic rings. The number of hydrogen-bond donors (Lipinski definition) is 5. The highest BCUT2D eigenvalue weighted by Gasteiger charge is 2.50. The molecule has 140 valence electrons. The number of aliphatic hydroxyl groups is 4. The van der Waals surface area contributed by atoms with E-state index < -0.39 is 42.5 Å². The lowest BCUT2D eigenvalue weighted by Gasteiger charge is -2.48. The molecule has 5 N–H and O–H groups in total. The molecule has 1 heterocycles. The minimum atomic E-state index is -1.21. The lowest BCUT2D eigenvalue weighted by atomic mass is 9.80. The van der Waals surface area contributed by atoms with E-state index in [1.54, 1.807) is 12.1 Å². The Labute approximate surface area is 145 Å². The van der Waals surface area contributed by atoms with Crippen LogP contribution in [0.15, 0.2) is 18.2 Å². The maximum absolute atomic E-state index is 10.3. The molecule has 1 aliphatic carbocycles. The van der Waals surface area contributed by atoms with Gasteiger partial charge in [0.05, 0.1) is 25.9 Å². The average molecular weight is 356 g/mol. The highest BCUT2D eigenvalue weighted by molar-refractivity contribution is 5.42. The van der Waals surface area contributed by atoms with Crippen LogP contribution in [-0.2, 0) is 9.47 Å². The van der Waals surface area contributed by atoms with Gasteiger partial charge in [-0.05, 0) is 24.1 Å². The Morgan fingerprint density at radius 2 is 1.88 bits per heavy atom. The normalized spacial score (nSPS) is 38.2. The van der Waals surface area contributed by atoms with Crippen molar-refractivity contribution in [3.05, 3.63) is 23.8 Å². The van der Waals surface area contributed by atoms with Crippen molar-refractivity contribution in [3.63, 3.8) is 0 Å². The second-order valence-electron chi connectivity index (χ2n) is 6.51. The lowest BCUT2D eigenvalue weighted by Crippen LogP contribution is -2.60. The fraction of sp³-hybridized carbons (Fsp3) is 0.647. The average Bonchev–Trinajstić information content (AvgIpc) is 2.64. The van der Waals surface area contributed by atoms with Crippen LogP contribution in [-0.4, -0.2) is 76.4 Å². The number of phenolic OH excluding ortho intramolecular Hbond substituents is 1. The maximum Gasteiger partial charge on any atom is 0.160 e. The molecule has 0 bridgehead atoms. The van der Waals surface area contributed by atoms with Gasteiger partial charge >= 0.3 is 0 Å². The summed E-state index contributed by atoms with van der Waals surface area (Å²) in [5.41, 5.74) is 0.609. The Kier molecular flexibility index (Phi) is 5.47. The van der Waals surface area contributed by atoms with Gasteiger partial charge in [-0.2, -0.15) is 0 Å². The van der Waals surface area contributed by atoms with E-state index in [4.69, 9.17) is 14.2 Å². The van der Waals surface area contributed by atoms with Crippen molar-refractivity contribution in [2.75, 3.05) is 20.3 Å². The van der Waals surface area contributed by atoms with Crippen molar-refractivity contribution < 1.29 is 39.7 Å². The largest absolute Gasteiger partial charge is 0.504 e. The summed E-state index contributed by atoms with van der Waals surface area (Å²) in [6.07, 6.45) is -4.71. The number of phenols is 1. The number of methoxy groups -OCH3 is 1. The van der Waals surface area contributed by atoms with Crippen molar-refractivity contribution in [1.29, 1.82) is 0 Å². The molecule has 1 saturated carbocycles. The van der Waals surface area contributed by atoms with Crippen LogP contribution in [0.25, 0.3) is 0 Å². The van der Waals surface area contributed by atoms with Crippen LogP contribution in [0.3, 0.4) is 0 Å². The van der Waals surface area contributed by atoms with Crippen LogP contribution in [0.4, 0.5) is 0 Å². The van der Waals surface area contributed by atoms with Crippen LogP contribution in [0.5, 0.6) is 11.5 Å². The number of rotatable bonds is 4. The number of hydrogen-bond acceptors (Lipinski definition) is 8. The molecule has 2 fully saturated rings. The van der Waals surface area contributed by atoms with Gasteiger partial charge in [0.1, 0.15) is 24.4 Å². The zero-order valence-electron chi connectivity index (χ0n) is 13.9. The van der Waals surface area contributed by atoms with Crippen LogP contribution in [0.1, 0.15) is 18.1 Å². The highest BCUT2D eigenvalue weighted by atomic mass is 16.6. The molecule has 0 aromatic heterocycles. The molecule has 8 heteroatoms. The summed E-state index contributed by atoms with van der Waals surface area (Å²) in [6.45, 7) is -0.577. The first-order valence-electron chi connectivity index (χ1n) is 8.25. The third kappa shape index (κ3) is 3.33. The molecular formula is C17H24O8. The number of aromatic hydroxyl groups is 1. The van der Waals surface area contributed by atoms with E-state index in [1.165, 1.54) is 13.2 Å². The van der Waals surface area contributed by atoms with Crippen molar-refractivity contribution in [3.8, 4) is 11.5 Å². The van der Waals surface area contributed by atoms with E-state index in [0.29, 0.717) is 12.0 Å². The summed E-state index contributed by atoms with van der Waals surface area (Å²) in [7, 11) is 1.42. The molecule has 8 nitrogen and oxygen atoms in total. The Hall–Kier alpha value is -1.42.